The van der Waals surface area contributed by atoms with E-state index in [0.29, 0.717) is 5.41 Å². The Labute approximate surface area is 76.9 Å². The second-order valence-corrected chi connectivity index (χ2v) is 4.71. The minimum atomic E-state index is 0.622. The predicted molar refractivity (Wildman–Crippen MR) is 54.3 cm³/mol. The van der Waals surface area contributed by atoms with Crippen LogP contribution in [-0.4, -0.2) is 12.1 Å². The minimum Gasteiger partial charge on any atom is -0.311 e. The van der Waals surface area contributed by atoms with E-state index in [9.17, 15) is 0 Å². The fraction of sp³-hybridized carbons (Fsp3) is 1.00. The standard InChI is InChI=1S/C9H17N.C2H6/c1-9(2)5-7-3-4-8(6-9)10-7;1-2/h7-8,10H,3-6H2,1-2H3;1-2H3. The number of nitrogens with one attached hydrogen (secondary N) is 1. The highest BCUT2D eigenvalue weighted by Crippen LogP contribution is 2.38. The van der Waals surface area contributed by atoms with E-state index in [2.05, 4.69) is 19.2 Å². The van der Waals surface area contributed by atoms with Crippen LogP contribution in [0.2, 0.25) is 0 Å². The molecule has 2 atom stereocenters. The summed E-state index contributed by atoms with van der Waals surface area (Å²) in [5.74, 6) is 0. The van der Waals surface area contributed by atoms with Crippen LogP contribution in [0.3, 0.4) is 0 Å². The van der Waals surface area contributed by atoms with Crippen molar-refractivity contribution in [2.75, 3.05) is 0 Å². The molecule has 0 aromatic rings. The van der Waals surface area contributed by atoms with Crippen molar-refractivity contribution in [1.82, 2.24) is 5.32 Å². The third kappa shape index (κ3) is 2.22. The summed E-state index contributed by atoms with van der Waals surface area (Å²) in [6.45, 7) is 8.80. The first-order valence-electron chi connectivity index (χ1n) is 5.42. The van der Waals surface area contributed by atoms with Gasteiger partial charge in [0.2, 0.25) is 0 Å². The topological polar surface area (TPSA) is 12.0 Å². The maximum Gasteiger partial charge on any atom is 0.00753 e. The van der Waals surface area contributed by atoms with Gasteiger partial charge in [-0.05, 0) is 31.1 Å². The highest BCUT2D eigenvalue weighted by Gasteiger charge is 2.37. The van der Waals surface area contributed by atoms with E-state index in [4.69, 9.17) is 0 Å². The average Bonchev–Trinajstić information content (AvgIpc) is 2.33. The van der Waals surface area contributed by atoms with Crippen molar-refractivity contribution in [3.63, 3.8) is 0 Å². The SMILES string of the molecule is CC.CC1(C)CC2CCC(C1)N2. The number of rotatable bonds is 0. The third-order valence-electron chi connectivity index (χ3n) is 2.93. The van der Waals surface area contributed by atoms with Gasteiger partial charge in [-0.3, -0.25) is 0 Å². The van der Waals surface area contributed by atoms with Crippen LogP contribution < -0.4 is 5.32 Å². The van der Waals surface area contributed by atoms with Gasteiger partial charge >= 0.3 is 0 Å². The maximum atomic E-state index is 3.65. The van der Waals surface area contributed by atoms with E-state index in [0.717, 1.165) is 12.1 Å². The van der Waals surface area contributed by atoms with Crippen molar-refractivity contribution in [1.29, 1.82) is 0 Å². The lowest BCUT2D eigenvalue weighted by atomic mass is 9.79. The van der Waals surface area contributed by atoms with Crippen LogP contribution in [0.4, 0.5) is 0 Å². The Morgan fingerprint density at radius 2 is 1.42 bits per heavy atom. The molecule has 1 heteroatoms. The Balaban J connectivity index is 0.000000336. The van der Waals surface area contributed by atoms with E-state index in [1.54, 1.807) is 0 Å². The van der Waals surface area contributed by atoms with Crippen molar-refractivity contribution >= 4 is 0 Å². The Morgan fingerprint density at radius 3 is 1.83 bits per heavy atom. The zero-order valence-electron chi connectivity index (χ0n) is 8.98. The van der Waals surface area contributed by atoms with E-state index in [1.165, 1.54) is 25.7 Å². The van der Waals surface area contributed by atoms with Crippen LogP contribution in [-0.2, 0) is 0 Å². The molecule has 2 rings (SSSR count). The van der Waals surface area contributed by atoms with Crippen LogP contribution in [0.1, 0.15) is 53.4 Å². The maximum absolute atomic E-state index is 3.65. The quantitative estimate of drug-likeness (QED) is 0.588. The summed E-state index contributed by atoms with van der Waals surface area (Å²) in [7, 11) is 0. The number of hydrogen-bond acceptors (Lipinski definition) is 1. The second-order valence-electron chi connectivity index (χ2n) is 4.71. The fourth-order valence-corrected chi connectivity index (χ4v) is 2.64. The molecule has 2 unspecified atom stereocenters. The fourth-order valence-electron chi connectivity index (χ4n) is 2.64. The van der Waals surface area contributed by atoms with Gasteiger partial charge in [0, 0.05) is 12.1 Å². The van der Waals surface area contributed by atoms with Crippen LogP contribution in [0, 0.1) is 5.41 Å². The van der Waals surface area contributed by atoms with Crippen molar-refractivity contribution in [2.24, 2.45) is 5.41 Å². The van der Waals surface area contributed by atoms with E-state index in [-0.39, 0.29) is 0 Å². The molecule has 2 aliphatic heterocycles. The van der Waals surface area contributed by atoms with Gasteiger partial charge in [0.05, 0.1) is 0 Å². The van der Waals surface area contributed by atoms with Gasteiger partial charge in [-0.15, -0.1) is 0 Å². The smallest absolute Gasteiger partial charge is 0.00753 e. The highest BCUT2D eigenvalue weighted by molar-refractivity contribution is 4.95. The summed E-state index contributed by atoms with van der Waals surface area (Å²) in [6.07, 6.45) is 5.63. The molecular weight excluding hydrogens is 146 g/mol. The molecule has 2 heterocycles. The Bertz CT molecular complexity index is 126. The largest absolute Gasteiger partial charge is 0.311 e. The van der Waals surface area contributed by atoms with E-state index < -0.39 is 0 Å². The molecule has 0 aromatic heterocycles. The summed E-state index contributed by atoms with van der Waals surface area (Å²) in [6, 6.07) is 1.71. The van der Waals surface area contributed by atoms with Crippen molar-refractivity contribution in [3.8, 4) is 0 Å². The van der Waals surface area contributed by atoms with E-state index in [1.807, 2.05) is 13.8 Å². The lowest BCUT2D eigenvalue weighted by Gasteiger charge is -2.35. The summed E-state index contributed by atoms with van der Waals surface area (Å²) in [5.41, 5.74) is 0.622. The van der Waals surface area contributed by atoms with Gasteiger partial charge < -0.3 is 5.32 Å². The molecule has 0 radical (unpaired) electrons. The Kier molecular flexibility index (Phi) is 3.16. The molecule has 0 aliphatic carbocycles. The highest BCUT2D eigenvalue weighted by atomic mass is 15.0. The van der Waals surface area contributed by atoms with Crippen molar-refractivity contribution in [2.45, 2.75) is 65.5 Å². The Hall–Kier alpha value is -0.0400. The molecular formula is C11H23N. The predicted octanol–water partition coefficient (Wildman–Crippen LogP) is 2.95. The lowest BCUT2D eigenvalue weighted by molar-refractivity contribution is 0.206. The van der Waals surface area contributed by atoms with Gasteiger partial charge in [0.15, 0.2) is 0 Å². The first-order valence-corrected chi connectivity index (χ1v) is 5.42. The summed E-state index contributed by atoms with van der Waals surface area (Å²) < 4.78 is 0. The lowest BCUT2D eigenvalue weighted by Crippen LogP contribution is -2.41. The first-order chi connectivity index (χ1) is 5.66. The van der Waals surface area contributed by atoms with Crippen LogP contribution >= 0.6 is 0 Å². The average molecular weight is 169 g/mol. The van der Waals surface area contributed by atoms with Gasteiger partial charge in [0.25, 0.3) is 0 Å². The minimum absolute atomic E-state index is 0.622. The summed E-state index contributed by atoms with van der Waals surface area (Å²) in [5, 5.41) is 3.65. The number of fused-ring (bicyclic) bond motifs is 2. The first kappa shape index (κ1) is 10.0. The van der Waals surface area contributed by atoms with Gasteiger partial charge in [-0.2, -0.15) is 0 Å². The summed E-state index contributed by atoms with van der Waals surface area (Å²) >= 11 is 0. The molecule has 0 saturated carbocycles. The molecule has 1 N–H and O–H groups in total. The van der Waals surface area contributed by atoms with Gasteiger partial charge in [0.1, 0.15) is 0 Å². The monoisotopic (exact) mass is 169 g/mol. The molecule has 2 bridgehead atoms. The van der Waals surface area contributed by atoms with Crippen LogP contribution in [0.5, 0.6) is 0 Å². The molecule has 0 aromatic carbocycles. The number of hydrogen-bond donors (Lipinski definition) is 1. The normalized spacial score (nSPS) is 37.0. The van der Waals surface area contributed by atoms with Crippen LogP contribution in [0.15, 0.2) is 0 Å². The molecule has 2 saturated heterocycles. The van der Waals surface area contributed by atoms with Crippen molar-refractivity contribution in [3.05, 3.63) is 0 Å². The van der Waals surface area contributed by atoms with Gasteiger partial charge in [-0.25, -0.2) is 0 Å². The molecule has 72 valence electrons. The second kappa shape index (κ2) is 3.78. The van der Waals surface area contributed by atoms with Crippen LogP contribution in [0.25, 0.3) is 0 Å². The number of piperidine rings is 1. The third-order valence-corrected chi connectivity index (χ3v) is 2.93. The molecule has 1 nitrogen and oxygen atoms in total. The van der Waals surface area contributed by atoms with Gasteiger partial charge in [-0.1, -0.05) is 27.7 Å². The molecule has 2 aliphatic rings. The summed E-state index contributed by atoms with van der Waals surface area (Å²) in [4.78, 5) is 0. The Morgan fingerprint density at radius 1 is 1.00 bits per heavy atom. The molecule has 2 fully saturated rings. The van der Waals surface area contributed by atoms with Crippen molar-refractivity contribution < 1.29 is 0 Å². The molecule has 0 spiro atoms. The zero-order chi connectivity index (χ0) is 9.19. The zero-order valence-corrected chi connectivity index (χ0v) is 8.98. The molecule has 12 heavy (non-hydrogen) atoms. The van der Waals surface area contributed by atoms with E-state index >= 15 is 0 Å². The molecule has 0 amide bonds.